The molecule has 66 valence electrons. The number of allylic oxidation sites excluding steroid dienone is 1. The fourth-order valence-electron chi connectivity index (χ4n) is 1.14. The van der Waals surface area contributed by atoms with Crippen molar-refractivity contribution in [1.29, 1.82) is 5.26 Å². The Kier molecular flexibility index (Phi) is 3.72. The van der Waals surface area contributed by atoms with Crippen LogP contribution in [0, 0.1) is 11.3 Å². The summed E-state index contributed by atoms with van der Waals surface area (Å²) in [6.45, 7) is 3.66. The largest absolute Gasteiger partial charge is 0.246 e. The van der Waals surface area contributed by atoms with Gasteiger partial charge in [0.15, 0.2) is 0 Å². The van der Waals surface area contributed by atoms with E-state index in [-0.39, 0.29) is 0 Å². The van der Waals surface area contributed by atoms with E-state index >= 15 is 0 Å². The summed E-state index contributed by atoms with van der Waals surface area (Å²) in [5.41, 5.74) is 1.67. The SMILES string of the molecule is C=CCCCc1ccnc(C#N)c1. The Labute approximate surface area is 78.5 Å². The second-order valence-electron chi connectivity index (χ2n) is 2.84. The Hall–Kier alpha value is -1.62. The summed E-state index contributed by atoms with van der Waals surface area (Å²) >= 11 is 0. The minimum Gasteiger partial charge on any atom is -0.246 e. The highest BCUT2D eigenvalue weighted by molar-refractivity contribution is 5.25. The van der Waals surface area contributed by atoms with Crippen LogP contribution in [-0.4, -0.2) is 4.98 Å². The van der Waals surface area contributed by atoms with Crippen molar-refractivity contribution in [2.24, 2.45) is 0 Å². The quantitative estimate of drug-likeness (QED) is 0.516. The smallest absolute Gasteiger partial charge is 0.140 e. The first-order valence-electron chi connectivity index (χ1n) is 4.32. The molecule has 0 aromatic carbocycles. The first-order chi connectivity index (χ1) is 6.36. The lowest BCUT2D eigenvalue weighted by Gasteiger charge is -1.98. The minimum atomic E-state index is 0.496. The van der Waals surface area contributed by atoms with Crippen molar-refractivity contribution < 1.29 is 0 Å². The van der Waals surface area contributed by atoms with Gasteiger partial charge in [0, 0.05) is 6.20 Å². The lowest BCUT2D eigenvalue weighted by molar-refractivity contribution is 0.841. The lowest BCUT2D eigenvalue weighted by atomic mass is 10.1. The molecule has 2 nitrogen and oxygen atoms in total. The van der Waals surface area contributed by atoms with Crippen LogP contribution in [0.15, 0.2) is 31.0 Å². The summed E-state index contributed by atoms with van der Waals surface area (Å²) < 4.78 is 0. The third-order valence-corrected chi connectivity index (χ3v) is 1.81. The molecule has 0 unspecified atom stereocenters. The molecule has 0 saturated carbocycles. The predicted molar refractivity (Wildman–Crippen MR) is 52.1 cm³/mol. The van der Waals surface area contributed by atoms with E-state index in [2.05, 4.69) is 11.6 Å². The van der Waals surface area contributed by atoms with E-state index in [9.17, 15) is 0 Å². The Balaban J connectivity index is 2.57. The molecule has 1 heterocycles. The molecule has 0 saturated heterocycles. The van der Waals surface area contributed by atoms with E-state index in [1.54, 1.807) is 6.20 Å². The van der Waals surface area contributed by atoms with E-state index in [1.165, 1.54) is 5.56 Å². The second-order valence-corrected chi connectivity index (χ2v) is 2.84. The van der Waals surface area contributed by atoms with Crippen LogP contribution in [0.3, 0.4) is 0 Å². The van der Waals surface area contributed by atoms with Crippen LogP contribution in [0.2, 0.25) is 0 Å². The highest BCUT2D eigenvalue weighted by Gasteiger charge is 1.95. The first-order valence-corrected chi connectivity index (χ1v) is 4.32. The molecule has 0 radical (unpaired) electrons. The summed E-state index contributed by atoms with van der Waals surface area (Å²) in [5, 5.41) is 8.60. The van der Waals surface area contributed by atoms with E-state index < -0.39 is 0 Å². The van der Waals surface area contributed by atoms with Crippen molar-refractivity contribution in [2.45, 2.75) is 19.3 Å². The zero-order valence-electron chi connectivity index (χ0n) is 7.53. The number of pyridine rings is 1. The third kappa shape index (κ3) is 3.08. The van der Waals surface area contributed by atoms with Gasteiger partial charge < -0.3 is 0 Å². The number of rotatable bonds is 4. The predicted octanol–water partition coefficient (Wildman–Crippen LogP) is 2.46. The van der Waals surface area contributed by atoms with E-state index in [1.807, 2.05) is 24.3 Å². The molecule has 13 heavy (non-hydrogen) atoms. The summed E-state index contributed by atoms with van der Waals surface area (Å²) in [6.07, 6.45) is 6.68. The normalized spacial score (nSPS) is 9.15. The number of unbranched alkanes of at least 4 members (excludes halogenated alkanes) is 1. The zero-order chi connectivity index (χ0) is 9.52. The van der Waals surface area contributed by atoms with Crippen molar-refractivity contribution in [3.8, 4) is 6.07 Å². The van der Waals surface area contributed by atoms with E-state index in [4.69, 9.17) is 5.26 Å². The van der Waals surface area contributed by atoms with Gasteiger partial charge in [0.2, 0.25) is 0 Å². The Morgan fingerprint density at radius 2 is 2.46 bits per heavy atom. The number of aromatic nitrogens is 1. The number of hydrogen-bond acceptors (Lipinski definition) is 2. The summed E-state index contributed by atoms with van der Waals surface area (Å²) in [5.74, 6) is 0. The molecule has 0 atom stereocenters. The van der Waals surface area contributed by atoms with Crippen LogP contribution in [-0.2, 0) is 6.42 Å². The average molecular weight is 172 g/mol. The van der Waals surface area contributed by atoms with Crippen molar-refractivity contribution >= 4 is 0 Å². The molecule has 2 heteroatoms. The maximum absolute atomic E-state index is 8.60. The molecule has 0 bridgehead atoms. The fourth-order valence-corrected chi connectivity index (χ4v) is 1.14. The van der Waals surface area contributed by atoms with Crippen LogP contribution in [0.1, 0.15) is 24.1 Å². The van der Waals surface area contributed by atoms with Gasteiger partial charge in [-0.05, 0) is 37.0 Å². The highest BCUT2D eigenvalue weighted by atomic mass is 14.7. The summed E-state index contributed by atoms with van der Waals surface area (Å²) in [7, 11) is 0. The molecule has 1 rings (SSSR count). The van der Waals surface area contributed by atoms with Gasteiger partial charge >= 0.3 is 0 Å². The van der Waals surface area contributed by atoms with Gasteiger partial charge in [-0.2, -0.15) is 5.26 Å². The second kappa shape index (κ2) is 5.10. The zero-order valence-corrected chi connectivity index (χ0v) is 7.53. The molecule has 0 N–H and O–H groups in total. The Morgan fingerprint density at radius 3 is 3.15 bits per heavy atom. The van der Waals surface area contributed by atoms with E-state index in [0.717, 1.165) is 19.3 Å². The molecule has 1 aromatic heterocycles. The number of hydrogen-bond donors (Lipinski definition) is 0. The van der Waals surface area contributed by atoms with Gasteiger partial charge in [0.05, 0.1) is 0 Å². The third-order valence-electron chi connectivity index (χ3n) is 1.81. The van der Waals surface area contributed by atoms with Crippen molar-refractivity contribution in [2.75, 3.05) is 0 Å². The van der Waals surface area contributed by atoms with Gasteiger partial charge in [0.1, 0.15) is 11.8 Å². The fraction of sp³-hybridized carbons (Fsp3) is 0.273. The van der Waals surface area contributed by atoms with Crippen LogP contribution < -0.4 is 0 Å². The highest BCUT2D eigenvalue weighted by Crippen LogP contribution is 2.05. The number of aryl methyl sites for hydroxylation is 1. The molecule has 0 aliphatic rings. The van der Waals surface area contributed by atoms with Crippen LogP contribution >= 0.6 is 0 Å². The molecule has 1 aromatic rings. The molecule has 0 amide bonds. The molecule has 0 fully saturated rings. The molecular formula is C11H12N2. The standard InChI is InChI=1S/C11H12N2/c1-2-3-4-5-10-6-7-13-11(8-10)9-12/h2,6-8H,1,3-5H2. The minimum absolute atomic E-state index is 0.496. The Morgan fingerprint density at radius 1 is 1.62 bits per heavy atom. The van der Waals surface area contributed by atoms with Gasteiger partial charge in [-0.15, -0.1) is 6.58 Å². The molecule has 0 spiro atoms. The molecule has 0 aliphatic heterocycles. The van der Waals surface area contributed by atoms with E-state index in [0.29, 0.717) is 5.69 Å². The monoisotopic (exact) mass is 172 g/mol. The molecule has 0 aliphatic carbocycles. The topological polar surface area (TPSA) is 36.7 Å². The van der Waals surface area contributed by atoms with Crippen molar-refractivity contribution in [1.82, 2.24) is 4.98 Å². The van der Waals surface area contributed by atoms with Crippen LogP contribution in [0.25, 0.3) is 0 Å². The molecular weight excluding hydrogens is 160 g/mol. The average Bonchev–Trinajstić information content (AvgIpc) is 2.19. The summed E-state index contributed by atoms with van der Waals surface area (Å²) in [4.78, 5) is 3.90. The Bertz CT molecular complexity index is 323. The van der Waals surface area contributed by atoms with Crippen LogP contribution in [0.5, 0.6) is 0 Å². The first kappa shape index (κ1) is 9.47. The maximum Gasteiger partial charge on any atom is 0.140 e. The lowest BCUT2D eigenvalue weighted by Crippen LogP contribution is -1.88. The van der Waals surface area contributed by atoms with Gasteiger partial charge in [-0.3, -0.25) is 0 Å². The summed E-state index contributed by atoms with van der Waals surface area (Å²) in [6, 6.07) is 5.81. The number of nitrogens with zero attached hydrogens (tertiary/aromatic N) is 2. The maximum atomic E-state index is 8.60. The van der Waals surface area contributed by atoms with Crippen LogP contribution in [0.4, 0.5) is 0 Å². The van der Waals surface area contributed by atoms with Crippen molar-refractivity contribution in [3.05, 3.63) is 42.2 Å². The van der Waals surface area contributed by atoms with Gasteiger partial charge in [-0.25, -0.2) is 4.98 Å². The van der Waals surface area contributed by atoms with Gasteiger partial charge in [0.25, 0.3) is 0 Å². The number of nitriles is 1. The van der Waals surface area contributed by atoms with Crippen molar-refractivity contribution in [3.63, 3.8) is 0 Å². The van der Waals surface area contributed by atoms with Gasteiger partial charge in [-0.1, -0.05) is 6.08 Å².